The summed E-state index contributed by atoms with van der Waals surface area (Å²) in [5.41, 5.74) is 1.73. The van der Waals surface area contributed by atoms with Gasteiger partial charge in [-0.2, -0.15) is 0 Å². The Morgan fingerprint density at radius 1 is 1.22 bits per heavy atom. The van der Waals surface area contributed by atoms with E-state index in [1.807, 2.05) is 17.0 Å². The summed E-state index contributed by atoms with van der Waals surface area (Å²) in [6, 6.07) is 10.1. The molecule has 0 aliphatic carbocycles. The van der Waals surface area contributed by atoms with E-state index in [-0.39, 0.29) is 28.8 Å². The van der Waals surface area contributed by atoms with Crippen LogP contribution in [0.3, 0.4) is 0 Å². The van der Waals surface area contributed by atoms with Crippen LogP contribution in [0, 0.1) is 5.82 Å². The third-order valence-corrected chi connectivity index (χ3v) is 5.44. The number of ether oxygens (including phenoxy) is 1. The second-order valence-electron chi connectivity index (χ2n) is 7.82. The van der Waals surface area contributed by atoms with Crippen molar-refractivity contribution in [2.24, 2.45) is 7.05 Å². The molecule has 0 spiro atoms. The maximum atomic E-state index is 14.2. The smallest absolute Gasteiger partial charge is 0.255 e. The van der Waals surface area contributed by atoms with Crippen LogP contribution in [0.2, 0.25) is 0 Å². The lowest BCUT2D eigenvalue weighted by molar-refractivity contribution is 0.0389. The Bertz CT molecular complexity index is 1190. The Kier molecular flexibility index (Phi) is 6.00. The van der Waals surface area contributed by atoms with Crippen molar-refractivity contribution in [3.05, 3.63) is 76.1 Å². The van der Waals surface area contributed by atoms with Gasteiger partial charge < -0.3 is 14.5 Å². The first kappa shape index (κ1) is 21.6. The molecule has 1 fully saturated rings. The van der Waals surface area contributed by atoms with E-state index >= 15 is 0 Å². The average molecular weight is 437 g/mol. The minimum Gasteiger partial charge on any atom is -0.370 e. The van der Waals surface area contributed by atoms with Gasteiger partial charge in [0.1, 0.15) is 6.10 Å². The molecule has 8 nitrogen and oxygen atoms in total. The van der Waals surface area contributed by atoms with Crippen molar-refractivity contribution in [1.82, 2.24) is 19.4 Å². The Morgan fingerprint density at radius 2 is 1.97 bits per heavy atom. The van der Waals surface area contributed by atoms with Crippen molar-refractivity contribution >= 4 is 11.9 Å². The summed E-state index contributed by atoms with van der Waals surface area (Å²) in [6.07, 6.45) is 2.31. The maximum Gasteiger partial charge on any atom is 0.255 e. The van der Waals surface area contributed by atoms with Crippen LogP contribution >= 0.6 is 0 Å². The van der Waals surface area contributed by atoms with Gasteiger partial charge in [-0.3, -0.25) is 19.1 Å². The Labute approximate surface area is 184 Å². The number of anilines is 1. The van der Waals surface area contributed by atoms with Crippen molar-refractivity contribution in [1.29, 1.82) is 0 Å². The first-order chi connectivity index (χ1) is 15.3. The summed E-state index contributed by atoms with van der Waals surface area (Å²) >= 11 is 0. The molecule has 0 radical (unpaired) electrons. The number of hydrogen-bond donors (Lipinski definition) is 0. The zero-order chi connectivity index (χ0) is 22.8. The van der Waals surface area contributed by atoms with Crippen LogP contribution in [-0.4, -0.2) is 59.1 Å². The average Bonchev–Trinajstić information content (AvgIpc) is 2.81. The summed E-state index contributed by atoms with van der Waals surface area (Å²) < 4.78 is 21.6. The van der Waals surface area contributed by atoms with E-state index in [4.69, 9.17) is 4.74 Å². The molecule has 166 valence electrons. The molecule has 1 saturated heterocycles. The van der Waals surface area contributed by atoms with Gasteiger partial charge in [-0.05, 0) is 23.8 Å². The minimum absolute atomic E-state index is 0.0675. The van der Waals surface area contributed by atoms with Gasteiger partial charge in [-0.25, -0.2) is 9.37 Å². The Hall–Kier alpha value is -3.59. The molecule has 1 amide bonds. The van der Waals surface area contributed by atoms with Crippen LogP contribution in [0.1, 0.15) is 22.0 Å². The number of benzene rings is 1. The molecule has 1 aliphatic rings. The van der Waals surface area contributed by atoms with Crippen LogP contribution in [-0.2, 0) is 11.8 Å². The van der Waals surface area contributed by atoms with Crippen LogP contribution in [0.5, 0.6) is 0 Å². The van der Waals surface area contributed by atoms with Crippen LogP contribution in [0.4, 0.5) is 10.3 Å². The predicted molar refractivity (Wildman–Crippen MR) is 118 cm³/mol. The topological polar surface area (TPSA) is 80.6 Å². The van der Waals surface area contributed by atoms with E-state index in [0.29, 0.717) is 31.2 Å². The van der Waals surface area contributed by atoms with Gasteiger partial charge in [0.25, 0.3) is 11.5 Å². The molecule has 0 saturated carbocycles. The van der Waals surface area contributed by atoms with Crippen LogP contribution < -0.4 is 10.5 Å². The van der Waals surface area contributed by atoms with Gasteiger partial charge in [0, 0.05) is 51.1 Å². The van der Waals surface area contributed by atoms with Crippen molar-refractivity contribution in [2.45, 2.75) is 6.10 Å². The molecule has 3 aromatic rings. The van der Waals surface area contributed by atoms with E-state index in [2.05, 4.69) is 9.97 Å². The van der Waals surface area contributed by atoms with Gasteiger partial charge >= 0.3 is 0 Å². The SMILES string of the molecule is CN(C)C(=O)c1ccc(C2CN(c3nc(-c4ccncc4F)cc(=O)n3C)CCO2)cc1. The molecule has 2 aromatic heterocycles. The van der Waals surface area contributed by atoms with Crippen molar-refractivity contribution < 1.29 is 13.9 Å². The minimum atomic E-state index is -0.536. The number of aromatic nitrogens is 3. The molecule has 1 atom stereocenters. The van der Waals surface area contributed by atoms with Crippen molar-refractivity contribution in [3.63, 3.8) is 0 Å². The van der Waals surface area contributed by atoms with Crippen LogP contribution in [0.25, 0.3) is 11.3 Å². The first-order valence-electron chi connectivity index (χ1n) is 10.2. The highest BCUT2D eigenvalue weighted by atomic mass is 19.1. The highest BCUT2D eigenvalue weighted by Gasteiger charge is 2.25. The normalized spacial score (nSPS) is 16.1. The third-order valence-electron chi connectivity index (χ3n) is 5.44. The summed E-state index contributed by atoms with van der Waals surface area (Å²) in [6.45, 7) is 1.44. The molecule has 0 N–H and O–H groups in total. The van der Waals surface area contributed by atoms with E-state index in [1.165, 1.54) is 27.8 Å². The molecule has 32 heavy (non-hydrogen) atoms. The second-order valence-corrected chi connectivity index (χ2v) is 7.82. The molecule has 1 aliphatic heterocycles. The number of pyridine rings is 1. The molecule has 3 heterocycles. The summed E-state index contributed by atoms with van der Waals surface area (Å²) in [7, 11) is 5.06. The molecular formula is C23H24FN5O3. The lowest BCUT2D eigenvalue weighted by Crippen LogP contribution is -2.41. The number of carbonyl (C=O) groups excluding carboxylic acids is 1. The lowest BCUT2D eigenvalue weighted by Gasteiger charge is -2.34. The van der Waals surface area contributed by atoms with Gasteiger partial charge in [0.15, 0.2) is 5.82 Å². The molecule has 1 unspecified atom stereocenters. The molecular weight excluding hydrogens is 413 g/mol. The Balaban J connectivity index is 1.62. The van der Waals surface area contributed by atoms with E-state index in [1.54, 1.807) is 33.3 Å². The third kappa shape index (κ3) is 4.24. The largest absolute Gasteiger partial charge is 0.370 e. The Morgan fingerprint density at radius 3 is 2.66 bits per heavy atom. The number of halogens is 1. The van der Waals surface area contributed by atoms with E-state index in [9.17, 15) is 14.0 Å². The standard InChI is InChI=1S/C23H24FN5O3/c1-27(2)22(31)16-6-4-15(5-7-16)20-14-29(10-11-32-20)23-26-19(12-21(30)28(23)3)17-8-9-25-13-18(17)24/h4-9,12-13,20H,10-11,14H2,1-3H3. The van der Waals surface area contributed by atoms with Gasteiger partial charge in [-0.1, -0.05) is 12.1 Å². The second kappa shape index (κ2) is 8.88. The highest BCUT2D eigenvalue weighted by Crippen LogP contribution is 2.27. The first-order valence-corrected chi connectivity index (χ1v) is 10.2. The van der Waals surface area contributed by atoms with Crippen LogP contribution in [0.15, 0.2) is 53.6 Å². The number of nitrogens with zero attached hydrogens (tertiary/aromatic N) is 5. The van der Waals surface area contributed by atoms with Gasteiger partial charge in [-0.15, -0.1) is 0 Å². The molecule has 4 rings (SSSR count). The number of amides is 1. The summed E-state index contributed by atoms with van der Waals surface area (Å²) in [4.78, 5) is 36.5. The predicted octanol–water partition coefficient (Wildman–Crippen LogP) is 2.26. The van der Waals surface area contributed by atoms with E-state index in [0.717, 1.165) is 11.8 Å². The lowest BCUT2D eigenvalue weighted by atomic mass is 10.0. The molecule has 1 aromatic carbocycles. The summed E-state index contributed by atoms with van der Waals surface area (Å²) in [5.74, 6) is -0.162. The van der Waals surface area contributed by atoms with E-state index < -0.39 is 5.82 Å². The molecule has 9 heteroatoms. The van der Waals surface area contributed by atoms with Gasteiger partial charge in [0.05, 0.1) is 25.0 Å². The maximum absolute atomic E-state index is 14.2. The highest BCUT2D eigenvalue weighted by molar-refractivity contribution is 5.93. The van der Waals surface area contributed by atoms with Crippen molar-refractivity contribution in [3.8, 4) is 11.3 Å². The molecule has 0 bridgehead atoms. The number of rotatable bonds is 4. The number of morpholine rings is 1. The fourth-order valence-corrected chi connectivity index (χ4v) is 3.66. The fraction of sp³-hybridized carbons (Fsp3) is 0.304. The fourth-order valence-electron chi connectivity index (χ4n) is 3.66. The van der Waals surface area contributed by atoms with Crippen molar-refractivity contribution in [2.75, 3.05) is 38.7 Å². The number of carbonyl (C=O) groups is 1. The number of hydrogen-bond acceptors (Lipinski definition) is 6. The summed E-state index contributed by atoms with van der Waals surface area (Å²) in [5, 5.41) is 0. The van der Waals surface area contributed by atoms with Gasteiger partial charge in [0.2, 0.25) is 5.95 Å². The quantitative estimate of drug-likeness (QED) is 0.623. The zero-order valence-electron chi connectivity index (χ0n) is 18.2. The zero-order valence-corrected chi connectivity index (χ0v) is 18.2. The monoisotopic (exact) mass is 437 g/mol.